The second-order valence-electron chi connectivity index (χ2n) is 6.23. The van der Waals surface area contributed by atoms with Crippen molar-refractivity contribution in [2.75, 3.05) is 38.7 Å². The Balaban J connectivity index is 1.66. The molecular weight excluding hydrogens is 368 g/mol. The van der Waals surface area contributed by atoms with E-state index >= 15 is 0 Å². The molecule has 0 atom stereocenters. The maximum absolute atomic E-state index is 12.5. The van der Waals surface area contributed by atoms with Gasteiger partial charge in [0.15, 0.2) is 0 Å². The van der Waals surface area contributed by atoms with Gasteiger partial charge in [-0.15, -0.1) is 0 Å². The first-order chi connectivity index (χ1) is 13.1. The molecule has 1 amide bonds. The van der Waals surface area contributed by atoms with E-state index in [0.29, 0.717) is 21.8 Å². The van der Waals surface area contributed by atoms with Crippen molar-refractivity contribution in [2.45, 2.75) is 6.54 Å². The highest BCUT2D eigenvalue weighted by molar-refractivity contribution is 6.34. The van der Waals surface area contributed by atoms with Gasteiger partial charge in [-0.25, -0.2) is 4.79 Å². The van der Waals surface area contributed by atoms with Crippen LogP contribution in [0.3, 0.4) is 0 Å². The standard InChI is InChI=1S/C20H21ClN2O4/c1-26-20(25)16-6-7-17(21)18(12-16)22-19(24)15-4-2-14(3-5-15)13-23-8-10-27-11-9-23/h2-7,12H,8-11,13H2,1H3,(H,22,24). The molecule has 6 nitrogen and oxygen atoms in total. The molecule has 1 aliphatic rings. The van der Waals surface area contributed by atoms with E-state index in [4.69, 9.17) is 16.3 Å². The maximum atomic E-state index is 12.5. The third-order valence-corrected chi connectivity index (χ3v) is 4.69. The van der Waals surface area contributed by atoms with E-state index in [1.165, 1.54) is 13.2 Å². The molecule has 1 saturated heterocycles. The van der Waals surface area contributed by atoms with Crippen LogP contribution in [0.1, 0.15) is 26.3 Å². The molecule has 1 N–H and O–H groups in total. The van der Waals surface area contributed by atoms with Crippen LogP contribution < -0.4 is 5.32 Å². The van der Waals surface area contributed by atoms with Gasteiger partial charge < -0.3 is 14.8 Å². The van der Waals surface area contributed by atoms with Crippen molar-refractivity contribution in [3.05, 3.63) is 64.2 Å². The number of halogens is 1. The number of ether oxygens (including phenoxy) is 2. The molecule has 2 aromatic carbocycles. The lowest BCUT2D eigenvalue weighted by Gasteiger charge is -2.26. The minimum Gasteiger partial charge on any atom is -0.465 e. The van der Waals surface area contributed by atoms with Crippen LogP contribution in [0, 0.1) is 0 Å². The topological polar surface area (TPSA) is 67.9 Å². The predicted molar refractivity (Wildman–Crippen MR) is 103 cm³/mol. The molecule has 2 aromatic rings. The number of hydrogen-bond donors (Lipinski definition) is 1. The van der Waals surface area contributed by atoms with Crippen LogP contribution in [0.4, 0.5) is 5.69 Å². The van der Waals surface area contributed by atoms with Crippen LogP contribution in [0.25, 0.3) is 0 Å². The highest BCUT2D eigenvalue weighted by Gasteiger charge is 2.14. The molecule has 0 radical (unpaired) electrons. The van der Waals surface area contributed by atoms with Crippen molar-refractivity contribution in [3.63, 3.8) is 0 Å². The van der Waals surface area contributed by atoms with Gasteiger partial charge in [-0.3, -0.25) is 9.69 Å². The molecule has 1 heterocycles. The summed E-state index contributed by atoms with van der Waals surface area (Å²) < 4.78 is 10.0. The fourth-order valence-corrected chi connectivity index (χ4v) is 3.00. The number of nitrogens with zero attached hydrogens (tertiary/aromatic N) is 1. The molecule has 0 aliphatic carbocycles. The number of hydrogen-bond acceptors (Lipinski definition) is 5. The minimum absolute atomic E-state index is 0.295. The summed E-state index contributed by atoms with van der Waals surface area (Å²) in [6.07, 6.45) is 0. The first-order valence-electron chi connectivity index (χ1n) is 8.65. The quantitative estimate of drug-likeness (QED) is 0.796. The fraction of sp³-hybridized carbons (Fsp3) is 0.300. The van der Waals surface area contributed by atoms with E-state index in [0.717, 1.165) is 38.4 Å². The van der Waals surface area contributed by atoms with Crippen molar-refractivity contribution < 1.29 is 19.1 Å². The molecule has 3 rings (SSSR count). The Labute approximate surface area is 163 Å². The van der Waals surface area contributed by atoms with Gasteiger partial charge in [0, 0.05) is 25.2 Å². The average Bonchev–Trinajstić information content (AvgIpc) is 2.70. The molecule has 1 fully saturated rings. The number of benzene rings is 2. The summed E-state index contributed by atoms with van der Waals surface area (Å²) in [7, 11) is 1.30. The van der Waals surface area contributed by atoms with Crippen molar-refractivity contribution in [1.29, 1.82) is 0 Å². The summed E-state index contributed by atoms with van der Waals surface area (Å²) in [6, 6.07) is 12.0. The zero-order chi connectivity index (χ0) is 19.2. The summed E-state index contributed by atoms with van der Waals surface area (Å²) >= 11 is 6.13. The average molecular weight is 389 g/mol. The van der Waals surface area contributed by atoms with Crippen molar-refractivity contribution >= 4 is 29.2 Å². The Hall–Kier alpha value is -2.41. The van der Waals surface area contributed by atoms with Crippen LogP contribution >= 0.6 is 11.6 Å². The number of morpholine rings is 1. The van der Waals surface area contributed by atoms with E-state index in [1.807, 2.05) is 12.1 Å². The number of amides is 1. The smallest absolute Gasteiger partial charge is 0.337 e. The zero-order valence-corrected chi connectivity index (χ0v) is 15.8. The number of anilines is 1. The lowest BCUT2D eigenvalue weighted by Crippen LogP contribution is -2.35. The summed E-state index contributed by atoms with van der Waals surface area (Å²) in [6.45, 7) is 4.17. The van der Waals surface area contributed by atoms with Crippen molar-refractivity contribution in [1.82, 2.24) is 4.90 Å². The molecule has 0 aromatic heterocycles. The van der Waals surface area contributed by atoms with E-state index in [9.17, 15) is 9.59 Å². The van der Waals surface area contributed by atoms with E-state index in [1.54, 1.807) is 24.3 Å². The third-order valence-electron chi connectivity index (χ3n) is 4.36. The lowest BCUT2D eigenvalue weighted by atomic mass is 10.1. The van der Waals surface area contributed by atoms with Gasteiger partial charge in [0.2, 0.25) is 0 Å². The van der Waals surface area contributed by atoms with Gasteiger partial charge in [0.1, 0.15) is 0 Å². The Bertz CT molecular complexity index is 817. The summed E-state index contributed by atoms with van der Waals surface area (Å²) in [4.78, 5) is 26.5. The molecule has 142 valence electrons. The Morgan fingerprint density at radius 2 is 1.78 bits per heavy atom. The SMILES string of the molecule is COC(=O)c1ccc(Cl)c(NC(=O)c2ccc(CN3CCOCC3)cc2)c1. The Morgan fingerprint density at radius 1 is 1.11 bits per heavy atom. The highest BCUT2D eigenvalue weighted by atomic mass is 35.5. The van der Waals surface area contributed by atoms with E-state index in [2.05, 4.69) is 15.0 Å². The van der Waals surface area contributed by atoms with Gasteiger partial charge in [0.05, 0.1) is 36.6 Å². The monoisotopic (exact) mass is 388 g/mol. The molecule has 0 bridgehead atoms. The van der Waals surface area contributed by atoms with Gasteiger partial charge in [-0.1, -0.05) is 23.7 Å². The predicted octanol–water partition coefficient (Wildman–Crippen LogP) is 3.21. The second kappa shape index (κ2) is 8.99. The van der Waals surface area contributed by atoms with Gasteiger partial charge in [0.25, 0.3) is 5.91 Å². The molecule has 0 spiro atoms. The van der Waals surface area contributed by atoms with Gasteiger partial charge in [-0.2, -0.15) is 0 Å². The number of esters is 1. The Morgan fingerprint density at radius 3 is 2.44 bits per heavy atom. The lowest BCUT2D eigenvalue weighted by molar-refractivity contribution is 0.0342. The van der Waals surface area contributed by atoms with Crippen LogP contribution in [0.2, 0.25) is 5.02 Å². The van der Waals surface area contributed by atoms with Crippen molar-refractivity contribution in [2.24, 2.45) is 0 Å². The molecular formula is C20H21ClN2O4. The Kier molecular flexibility index (Phi) is 6.45. The normalized spacial score (nSPS) is 14.6. The van der Waals surface area contributed by atoms with Gasteiger partial charge in [-0.05, 0) is 35.9 Å². The van der Waals surface area contributed by atoms with E-state index < -0.39 is 5.97 Å². The maximum Gasteiger partial charge on any atom is 0.337 e. The molecule has 0 unspecified atom stereocenters. The highest BCUT2D eigenvalue weighted by Crippen LogP contribution is 2.24. The molecule has 27 heavy (non-hydrogen) atoms. The van der Waals surface area contributed by atoms with Crippen LogP contribution in [0.15, 0.2) is 42.5 Å². The fourth-order valence-electron chi connectivity index (χ4n) is 2.84. The number of methoxy groups -OCH3 is 1. The van der Waals surface area contributed by atoms with Crippen molar-refractivity contribution in [3.8, 4) is 0 Å². The number of carbonyl (C=O) groups excluding carboxylic acids is 2. The number of carbonyl (C=O) groups is 2. The molecule has 1 aliphatic heterocycles. The summed E-state index contributed by atoms with van der Waals surface area (Å²) in [5.74, 6) is -0.786. The largest absolute Gasteiger partial charge is 0.465 e. The first-order valence-corrected chi connectivity index (χ1v) is 9.03. The number of nitrogens with one attached hydrogen (secondary N) is 1. The third kappa shape index (κ3) is 5.07. The molecule has 7 heteroatoms. The van der Waals surface area contributed by atoms with Gasteiger partial charge >= 0.3 is 5.97 Å². The molecule has 0 saturated carbocycles. The van der Waals surface area contributed by atoms with Crippen LogP contribution in [-0.4, -0.2) is 50.2 Å². The second-order valence-corrected chi connectivity index (χ2v) is 6.63. The number of rotatable bonds is 5. The zero-order valence-electron chi connectivity index (χ0n) is 15.0. The van der Waals surface area contributed by atoms with Crippen LogP contribution in [0.5, 0.6) is 0 Å². The summed E-state index contributed by atoms with van der Waals surface area (Å²) in [5.41, 5.74) is 2.33. The first kappa shape index (κ1) is 19.4. The van der Waals surface area contributed by atoms with Crippen LogP contribution in [-0.2, 0) is 16.0 Å². The summed E-state index contributed by atoms with van der Waals surface area (Å²) in [5, 5.41) is 3.09. The minimum atomic E-state index is -0.491. The van der Waals surface area contributed by atoms with E-state index in [-0.39, 0.29) is 5.91 Å².